The molecular weight excluding hydrogens is 382 g/mol. The number of benzene rings is 4. The van der Waals surface area contributed by atoms with E-state index in [1.165, 1.54) is 0 Å². The first kappa shape index (κ1) is 18.8. The zero-order valence-electron chi connectivity index (χ0n) is 16.8. The van der Waals surface area contributed by atoms with Crippen LogP contribution in [0.15, 0.2) is 109 Å². The van der Waals surface area contributed by atoms with Crippen LogP contribution in [0.5, 0.6) is 0 Å². The van der Waals surface area contributed by atoms with Gasteiger partial charge in [-0.1, -0.05) is 84.9 Å². The van der Waals surface area contributed by atoms with Crippen LogP contribution in [-0.4, -0.2) is 15.9 Å². The van der Waals surface area contributed by atoms with Crippen molar-refractivity contribution in [2.75, 3.05) is 5.32 Å². The Balaban J connectivity index is 1.45. The predicted octanol–water partition coefficient (Wildman–Crippen LogP) is 6.00. The number of imidazole rings is 1. The Morgan fingerprint density at radius 1 is 0.742 bits per heavy atom. The first-order valence-corrected chi connectivity index (χ1v) is 10.2. The number of rotatable bonds is 5. The van der Waals surface area contributed by atoms with Gasteiger partial charge in [0.2, 0.25) is 5.91 Å². The van der Waals surface area contributed by atoms with Crippen LogP contribution >= 0.6 is 0 Å². The Kier molecular flexibility index (Phi) is 5.03. The fraction of sp³-hybridized carbons (Fsp3) is 0.0370. The Bertz CT molecular complexity index is 1250. The first-order valence-electron chi connectivity index (χ1n) is 10.2. The van der Waals surface area contributed by atoms with Crippen molar-refractivity contribution in [2.45, 2.75) is 5.92 Å². The highest BCUT2D eigenvalue weighted by Gasteiger charge is 2.22. The van der Waals surface area contributed by atoms with Crippen LogP contribution in [-0.2, 0) is 4.79 Å². The van der Waals surface area contributed by atoms with Crippen LogP contribution in [0.1, 0.15) is 17.0 Å². The van der Waals surface area contributed by atoms with Gasteiger partial charge in [-0.15, -0.1) is 0 Å². The van der Waals surface area contributed by atoms with Crippen LogP contribution in [0.2, 0.25) is 0 Å². The molecule has 0 bridgehead atoms. The molecule has 1 amide bonds. The van der Waals surface area contributed by atoms with Gasteiger partial charge in [0, 0.05) is 11.3 Å². The number of aromatic nitrogens is 2. The average Bonchev–Trinajstić information content (AvgIpc) is 3.25. The second-order valence-corrected chi connectivity index (χ2v) is 7.43. The summed E-state index contributed by atoms with van der Waals surface area (Å²) in [5.74, 6) is 0.316. The van der Waals surface area contributed by atoms with Gasteiger partial charge in [-0.2, -0.15) is 0 Å². The smallest absolute Gasteiger partial charge is 0.236 e. The van der Waals surface area contributed by atoms with Crippen molar-refractivity contribution in [3.05, 3.63) is 120 Å². The van der Waals surface area contributed by atoms with E-state index >= 15 is 0 Å². The molecule has 4 nitrogen and oxygen atoms in total. The van der Waals surface area contributed by atoms with Gasteiger partial charge in [-0.05, 0) is 35.4 Å². The van der Waals surface area contributed by atoms with Crippen molar-refractivity contribution in [3.63, 3.8) is 0 Å². The predicted molar refractivity (Wildman–Crippen MR) is 125 cm³/mol. The number of aromatic amines is 1. The minimum absolute atomic E-state index is 0.0702. The van der Waals surface area contributed by atoms with Gasteiger partial charge in [0.25, 0.3) is 0 Å². The molecular formula is C27H21N3O. The summed E-state index contributed by atoms with van der Waals surface area (Å²) in [4.78, 5) is 21.4. The van der Waals surface area contributed by atoms with Crippen molar-refractivity contribution >= 4 is 22.6 Å². The largest absolute Gasteiger partial charge is 0.338 e. The molecule has 5 rings (SSSR count). The molecule has 0 aliphatic carbocycles. The maximum Gasteiger partial charge on any atom is 0.236 e. The highest BCUT2D eigenvalue weighted by molar-refractivity contribution is 5.98. The number of fused-ring (bicyclic) bond motifs is 1. The molecule has 150 valence electrons. The van der Waals surface area contributed by atoms with E-state index < -0.39 is 5.92 Å². The fourth-order valence-electron chi connectivity index (χ4n) is 3.83. The summed E-state index contributed by atoms with van der Waals surface area (Å²) >= 11 is 0. The molecule has 0 saturated carbocycles. The van der Waals surface area contributed by atoms with Gasteiger partial charge in [-0.3, -0.25) is 4.79 Å². The first-order chi connectivity index (χ1) is 15.3. The minimum atomic E-state index is -0.391. The number of hydrogen-bond donors (Lipinski definition) is 2. The lowest BCUT2D eigenvalue weighted by atomic mass is 9.90. The van der Waals surface area contributed by atoms with E-state index in [9.17, 15) is 4.79 Å². The van der Waals surface area contributed by atoms with Crippen LogP contribution in [0.3, 0.4) is 0 Å². The molecule has 31 heavy (non-hydrogen) atoms. The average molecular weight is 403 g/mol. The Morgan fingerprint density at radius 3 is 2.06 bits per heavy atom. The summed E-state index contributed by atoms with van der Waals surface area (Å²) in [5, 5.41) is 3.10. The molecule has 0 unspecified atom stereocenters. The maximum atomic E-state index is 13.4. The number of carbonyl (C=O) groups is 1. The van der Waals surface area contributed by atoms with E-state index in [4.69, 9.17) is 0 Å². The Hall–Kier alpha value is -4.18. The van der Waals surface area contributed by atoms with Gasteiger partial charge >= 0.3 is 0 Å². The fourth-order valence-corrected chi connectivity index (χ4v) is 3.83. The number of nitrogens with one attached hydrogen (secondary N) is 2. The van der Waals surface area contributed by atoms with E-state index in [0.717, 1.165) is 39.2 Å². The molecule has 0 saturated heterocycles. The molecule has 2 N–H and O–H groups in total. The molecule has 5 aromatic rings. The molecule has 4 heteroatoms. The lowest BCUT2D eigenvalue weighted by molar-refractivity contribution is -0.116. The van der Waals surface area contributed by atoms with Crippen molar-refractivity contribution < 1.29 is 4.79 Å². The van der Waals surface area contributed by atoms with Crippen LogP contribution < -0.4 is 5.32 Å². The third-order valence-corrected chi connectivity index (χ3v) is 5.32. The Morgan fingerprint density at radius 2 is 1.39 bits per heavy atom. The lowest BCUT2D eigenvalue weighted by Gasteiger charge is -2.18. The molecule has 0 aliphatic heterocycles. The molecule has 0 fully saturated rings. The van der Waals surface area contributed by atoms with Gasteiger partial charge in [0.15, 0.2) is 0 Å². The number of para-hydroxylation sites is 2. The standard InChI is InChI=1S/C27H21N3O/c31-27(25(19-10-3-1-4-11-19)20-12-5-2-6-13-20)28-22-15-9-14-21(18-22)26-29-23-16-7-8-17-24(23)30-26/h1-18,25H,(H,28,31)(H,29,30). The third kappa shape index (κ3) is 3.96. The lowest BCUT2D eigenvalue weighted by Crippen LogP contribution is -2.22. The molecule has 4 aromatic carbocycles. The molecule has 0 radical (unpaired) electrons. The van der Waals surface area contributed by atoms with Crippen LogP contribution in [0.25, 0.3) is 22.4 Å². The highest BCUT2D eigenvalue weighted by atomic mass is 16.1. The Labute approximate surface area is 180 Å². The molecule has 0 spiro atoms. The summed E-state index contributed by atoms with van der Waals surface area (Å²) in [7, 11) is 0. The van der Waals surface area contributed by atoms with Crippen molar-refractivity contribution in [3.8, 4) is 11.4 Å². The van der Waals surface area contributed by atoms with Gasteiger partial charge < -0.3 is 10.3 Å². The normalized spacial score (nSPS) is 11.0. The van der Waals surface area contributed by atoms with E-state index in [0.29, 0.717) is 0 Å². The van der Waals surface area contributed by atoms with Gasteiger partial charge in [-0.25, -0.2) is 4.98 Å². The minimum Gasteiger partial charge on any atom is -0.338 e. The number of H-pyrrole nitrogens is 1. The van der Waals surface area contributed by atoms with E-state index in [-0.39, 0.29) is 5.91 Å². The summed E-state index contributed by atoms with van der Waals surface area (Å²) in [5.41, 5.74) is 5.48. The van der Waals surface area contributed by atoms with E-state index in [2.05, 4.69) is 15.3 Å². The second kappa shape index (κ2) is 8.28. The molecule has 1 heterocycles. The van der Waals surface area contributed by atoms with Crippen molar-refractivity contribution in [1.29, 1.82) is 0 Å². The number of nitrogens with zero attached hydrogens (tertiary/aromatic N) is 1. The maximum absolute atomic E-state index is 13.4. The van der Waals surface area contributed by atoms with E-state index in [1.54, 1.807) is 0 Å². The van der Waals surface area contributed by atoms with Crippen molar-refractivity contribution in [1.82, 2.24) is 9.97 Å². The summed E-state index contributed by atoms with van der Waals surface area (Å²) in [6.07, 6.45) is 0. The van der Waals surface area contributed by atoms with Crippen molar-refractivity contribution in [2.24, 2.45) is 0 Å². The number of carbonyl (C=O) groups excluding carboxylic acids is 1. The topological polar surface area (TPSA) is 57.8 Å². The molecule has 0 atom stereocenters. The number of hydrogen-bond acceptors (Lipinski definition) is 2. The number of amides is 1. The highest BCUT2D eigenvalue weighted by Crippen LogP contribution is 2.28. The van der Waals surface area contributed by atoms with Crippen LogP contribution in [0.4, 0.5) is 5.69 Å². The summed E-state index contributed by atoms with van der Waals surface area (Å²) in [6.45, 7) is 0. The van der Waals surface area contributed by atoms with Crippen LogP contribution in [0, 0.1) is 0 Å². The van der Waals surface area contributed by atoms with E-state index in [1.807, 2.05) is 109 Å². The zero-order chi connectivity index (χ0) is 21.0. The van der Waals surface area contributed by atoms with Gasteiger partial charge in [0.05, 0.1) is 17.0 Å². The quantitative estimate of drug-likeness (QED) is 0.378. The molecule has 0 aliphatic rings. The second-order valence-electron chi connectivity index (χ2n) is 7.43. The summed E-state index contributed by atoms with van der Waals surface area (Å²) < 4.78 is 0. The monoisotopic (exact) mass is 403 g/mol. The summed E-state index contributed by atoms with van der Waals surface area (Å²) in [6, 6.07) is 35.4. The third-order valence-electron chi connectivity index (χ3n) is 5.32. The number of anilines is 1. The van der Waals surface area contributed by atoms with Gasteiger partial charge in [0.1, 0.15) is 5.82 Å². The zero-order valence-corrected chi connectivity index (χ0v) is 16.8. The molecule has 1 aromatic heterocycles. The SMILES string of the molecule is O=C(Nc1cccc(-c2nc3ccccc3[nH]2)c1)C(c1ccccc1)c1ccccc1.